The van der Waals surface area contributed by atoms with Gasteiger partial charge in [0.2, 0.25) is 0 Å². The largest absolute Gasteiger partial charge is 0.396 e. The van der Waals surface area contributed by atoms with Gasteiger partial charge in [-0.25, -0.2) is 0 Å². The van der Waals surface area contributed by atoms with Crippen LogP contribution in [0.2, 0.25) is 10.0 Å². The van der Waals surface area contributed by atoms with Crippen LogP contribution in [0.15, 0.2) is 4.47 Å². The number of benzene rings is 1. The number of nitrogens with two attached hydrogens (primary N) is 1. The molecule has 0 bridgehead atoms. The standard InChI is InChI=1S/C8H8BrCl2N/c1-3-5(9)4(2)7(11)8(12)6(3)10/h12H2,1-2H3. The van der Waals surface area contributed by atoms with Gasteiger partial charge in [-0.3, -0.25) is 0 Å². The molecule has 0 aromatic heterocycles. The zero-order valence-corrected chi connectivity index (χ0v) is 9.81. The number of nitrogen functional groups attached to an aromatic ring is 1. The fraction of sp³-hybridized carbons (Fsp3) is 0.250. The van der Waals surface area contributed by atoms with Gasteiger partial charge in [0, 0.05) is 4.47 Å². The van der Waals surface area contributed by atoms with E-state index in [-0.39, 0.29) is 0 Å². The third-order valence-corrected chi connectivity index (χ3v) is 3.95. The van der Waals surface area contributed by atoms with Crippen molar-refractivity contribution in [1.29, 1.82) is 0 Å². The van der Waals surface area contributed by atoms with Gasteiger partial charge in [-0.1, -0.05) is 39.1 Å². The van der Waals surface area contributed by atoms with Crippen molar-refractivity contribution in [3.8, 4) is 0 Å². The molecule has 1 aromatic rings. The van der Waals surface area contributed by atoms with E-state index >= 15 is 0 Å². The Morgan fingerprint density at radius 2 is 1.42 bits per heavy atom. The van der Waals surface area contributed by atoms with E-state index in [2.05, 4.69) is 15.9 Å². The molecule has 1 rings (SSSR count). The van der Waals surface area contributed by atoms with Gasteiger partial charge in [-0.05, 0) is 25.0 Å². The molecule has 4 heteroatoms. The molecule has 0 spiro atoms. The Bertz CT molecular complexity index is 231. The number of rotatable bonds is 0. The van der Waals surface area contributed by atoms with Gasteiger partial charge in [-0.15, -0.1) is 0 Å². The van der Waals surface area contributed by atoms with Crippen LogP contribution in [0.25, 0.3) is 0 Å². The van der Waals surface area contributed by atoms with Gasteiger partial charge in [-0.2, -0.15) is 0 Å². The Kier molecular flexibility index (Phi) is 2.92. The van der Waals surface area contributed by atoms with Crippen molar-refractivity contribution in [3.63, 3.8) is 0 Å². The molecule has 0 fully saturated rings. The van der Waals surface area contributed by atoms with Crippen molar-refractivity contribution in [1.82, 2.24) is 0 Å². The maximum Gasteiger partial charge on any atom is 0.0699 e. The summed E-state index contributed by atoms with van der Waals surface area (Å²) >= 11 is 15.2. The van der Waals surface area contributed by atoms with Crippen LogP contribution in [-0.4, -0.2) is 0 Å². The SMILES string of the molecule is Cc1c(Cl)c(N)c(Cl)c(C)c1Br. The van der Waals surface area contributed by atoms with Crippen molar-refractivity contribution in [3.05, 3.63) is 25.6 Å². The molecule has 12 heavy (non-hydrogen) atoms. The van der Waals surface area contributed by atoms with E-state index in [0.29, 0.717) is 15.7 Å². The Morgan fingerprint density at radius 1 is 1.08 bits per heavy atom. The summed E-state index contributed by atoms with van der Waals surface area (Å²) in [4.78, 5) is 0. The highest BCUT2D eigenvalue weighted by molar-refractivity contribution is 9.10. The van der Waals surface area contributed by atoms with Crippen LogP contribution in [0.3, 0.4) is 0 Å². The van der Waals surface area contributed by atoms with Gasteiger partial charge in [0.05, 0.1) is 15.7 Å². The smallest absolute Gasteiger partial charge is 0.0699 e. The minimum absolute atomic E-state index is 0.455. The first-order chi connectivity index (χ1) is 5.46. The lowest BCUT2D eigenvalue weighted by Crippen LogP contribution is -1.94. The van der Waals surface area contributed by atoms with Crippen LogP contribution in [0.4, 0.5) is 5.69 Å². The van der Waals surface area contributed by atoms with E-state index < -0.39 is 0 Å². The second-order valence-corrected chi connectivity index (χ2v) is 4.15. The first kappa shape index (κ1) is 10.2. The van der Waals surface area contributed by atoms with Crippen LogP contribution in [0.1, 0.15) is 11.1 Å². The van der Waals surface area contributed by atoms with Crippen LogP contribution in [0.5, 0.6) is 0 Å². The minimum atomic E-state index is 0.455. The van der Waals surface area contributed by atoms with Crippen molar-refractivity contribution in [2.24, 2.45) is 0 Å². The molecule has 0 saturated heterocycles. The fourth-order valence-electron chi connectivity index (χ4n) is 0.974. The van der Waals surface area contributed by atoms with Gasteiger partial charge < -0.3 is 5.73 Å². The van der Waals surface area contributed by atoms with Crippen LogP contribution < -0.4 is 5.73 Å². The second-order valence-electron chi connectivity index (χ2n) is 2.61. The Labute approximate surface area is 90.0 Å². The van der Waals surface area contributed by atoms with Crippen molar-refractivity contribution >= 4 is 44.8 Å². The van der Waals surface area contributed by atoms with Gasteiger partial charge >= 0.3 is 0 Å². The van der Waals surface area contributed by atoms with Crippen molar-refractivity contribution in [2.75, 3.05) is 5.73 Å². The van der Waals surface area contributed by atoms with Gasteiger partial charge in [0.15, 0.2) is 0 Å². The third kappa shape index (κ3) is 1.43. The first-order valence-electron chi connectivity index (χ1n) is 3.36. The first-order valence-corrected chi connectivity index (χ1v) is 4.90. The average Bonchev–Trinajstić information content (AvgIpc) is 2.08. The highest BCUT2D eigenvalue weighted by Crippen LogP contribution is 2.38. The molecular weight excluding hydrogens is 261 g/mol. The Morgan fingerprint density at radius 3 is 1.75 bits per heavy atom. The lowest BCUT2D eigenvalue weighted by Gasteiger charge is -2.10. The second kappa shape index (κ2) is 3.44. The molecule has 1 aromatic carbocycles. The summed E-state index contributed by atoms with van der Waals surface area (Å²) in [5.41, 5.74) is 7.98. The highest BCUT2D eigenvalue weighted by Gasteiger charge is 2.12. The maximum atomic E-state index is 5.92. The predicted octanol–water partition coefficient (Wildman–Crippen LogP) is 3.95. The van der Waals surface area contributed by atoms with Gasteiger partial charge in [0.1, 0.15) is 0 Å². The number of hydrogen-bond acceptors (Lipinski definition) is 1. The number of anilines is 1. The summed E-state index contributed by atoms with van der Waals surface area (Å²) in [6, 6.07) is 0. The van der Waals surface area contributed by atoms with Gasteiger partial charge in [0.25, 0.3) is 0 Å². The molecule has 0 aliphatic rings. The highest BCUT2D eigenvalue weighted by atomic mass is 79.9. The van der Waals surface area contributed by atoms with E-state index in [9.17, 15) is 0 Å². The zero-order valence-electron chi connectivity index (χ0n) is 6.71. The molecule has 0 aliphatic carbocycles. The molecule has 0 aliphatic heterocycles. The maximum absolute atomic E-state index is 5.92. The molecular formula is C8H8BrCl2N. The Balaban J connectivity index is 3.60. The molecule has 0 amide bonds. The molecule has 0 heterocycles. The summed E-state index contributed by atoms with van der Waals surface area (Å²) in [7, 11) is 0. The normalized spacial score (nSPS) is 10.4. The van der Waals surface area contributed by atoms with E-state index in [4.69, 9.17) is 28.9 Å². The van der Waals surface area contributed by atoms with Crippen LogP contribution in [-0.2, 0) is 0 Å². The third-order valence-electron chi connectivity index (χ3n) is 1.79. The molecule has 2 N–H and O–H groups in total. The van der Waals surface area contributed by atoms with Crippen molar-refractivity contribution < 1.29 is 0 Å². The Hall–Kier alpha value is 0.0800. The summed E-state index contributed by atoms with van der Waals surface area (Å²) in [6.45, 7) is 3.79. The predicted molar refractivity (Wildman–Crippen MR) is 58.0 cm³/mol. The number of halogens is 3. The molecule has 66 valence electrons. The summed E-state index contributed by atoms with van der Waals surface area (Å²) in [6.07, 6.45) is 0. The van der Waals surface area contributed by atoms with E-state index in [1.54, 1.807) is 0 Å². The monoisotopic (exact) mass is 267 g/mol. The lowest BCUT2D eigenvalue weighted by molar-refractivity contribution is 1.34. The minimum Gasteiger partial charge on any atom is -0.396 e. The zero-order chi connectivity index (χ0) is 9.46. The van der Waals surface area contributed by atoms with Crippen LogP contribution in [0, 0.1) is 13.8 Å². The van der Waals surface area contributed by atoms with E-state index in [1.165, 1.54) is 0 Å². The molecule has 1 nitrogen and oxygen atoms in total. The molecule has 0 radical (unpaired) electrons. The number of hydrogen-bond donors (Lipinski definition) is 1. The fourth-order valence-corrected chi connectivity index (χ4v) is 2.03. The topological polar surface area (TPSA) is 26.0 Å². The molecule has 0 atom stereocenters. The van der Waals surface area contributed by atoms with E-state index in [1.807, 2.05) is 13.8 Å². The average molecular weight is 269 g/mol. The summed E-state index contributed by atoms with van der Waals surface area (Å²) in [5, 5.41) is 1.05. The molecule has 0 saturated carbocycles. The summed E-state index contributed by atoms with van der Waals surface area (Å²) < 4.78 is 0.923. The van der Waals surface area contributed by atoms with Crippen molar-refractivity contribution in [2.45, 2.75) is 13.8 Å². The summed E-state index contributed by atoms with van der Waals surface area (Å²) in [5.74, 6) is 0. The molecule has 0 unspecified atom stereocenters. The van der Waals surface area contributed by atoms with Crippen LogP contribution >= 0.6 is 39.1 Å². The quantitative estimate of drug-likeness (QED) is 0.709. The van der Waals surface area contributed by atoms with E-state index in [0.717, 1.165) is 15.6 Å². The lowest BCUT2D eigenvalue weighted by atomic mass is 10.1.